The van der Waals surface area contributed by atoms with E-state index in [1.165, 1.54) is 23.8 Å². The monoisotopic (exact) mass is 290 g/mol. The Bertz CT molecular complexity index is 688. The summed E-state index contributed by atoms with van der Waals surface area (Å²) in [6.45, 7) is 0.881. The van der Waals surface area contributed by atoms with Crippen LogP contribution in [-0.4, -0.2) is 12.5 Å². The number of anilines is 2. The van der Waals surface area contributed by atoms with Gasteiger partial charge in [-0.3, -0.25) is 4.79 Å². The lowest BCUT2D eigenvalue weighted by atomic mass is 10.1. The summed E-state index contributed by atoms with van der Waals surface area (Å²) in [6.07, 6.45) is 0.961. The van der Waals surface area contributed by atoms with Crippen LogP contribution < -0.4 is 10.6 Å². The Balaban J connectivity index is 1.82. The van der Waals surface area contributed by atoms with Gasteiger partial charge in [-0.15, -0.1) is 0 Å². The van der Waals surface area contributed by atoms with Gasteiger partial charge in [0.15, 0.2) is 0 Å². The van der Waals surface area contributed by atoms with Gasteiger partial charge in [0.1, 0.15) is 5.82 Å². The smallest absolute Gasteiger partial charge is 0.255 e. The second-order valence-corrected chi connectivity index (χ2v) is 5.06. The molecule has 0 bridgehead atoms. The van der Waals surface area contributed by atoms with Crippen LogP contribution in [-0.2, 0) is 6.42 Å². The zero-order valence-electron chi connectivity index (χ0n) is 10.5. The third-order valence-electron chi connectivity index (χ3n) is 3.26. The van der Waals surface area contributed by atoms with Crippen LogP contribution in [0.1, 0.15) is 15.9 Å². The van der Waals surface area contributed by atoms with Crippen molar-refractivity contribution < 1.29 is 9.18 Å². The van der Waals surface area contributed by atoms with E-state index in [1.54, 1.807) is 12.1 Å². The van der Waals surface area contributed by atoms with E-state index in [9.17, 15) is 9.18 Å². The average molecular weight is 291 g/mol. The summed E-state index contributed by atoms with van der Waals surface area (Å²) in [5.74, 6) is -0.896. The lowest BCUT2D eigenvalue weighted by Crippen LogP contribution is -2.13. The topological polar surface area (TPSA) is 41.1 Å². The maximum Gasteiger partial charge on any atom is 0.255 e. The van der Waals surface area contributed by atoms with Gasteiger partial charge in [0.25, 0.3) is 5.91 Å². The van der Waals surface area contributed by atoms with Crippen molar-refractivity contribution in [2.24, 2.45) is 0 Å². The first-order chi connectivity index (χ1) is 9.63. The van der Waals surface area contributed by atoms with Crippen LogP contribution in [0.5, 0.6) is 0 Å². The zero-order chi connectivity index (χ0) is 14.1. The number of fused-ring (bicyclic) bond motifs is 1. The Morgan fingerprint density at radius 1 is 1.25 bits per heavy atom. The van der Waals surface area contributed by atoms with Gasteiger partial charge >= 0.3 is 0 Å². The first-order valence-corrected chi connectivity index (χ1v) is 6.64. The van der Waals surface area contributed by atoms with Gasteiger partial charge in [0.05, 0.1) is 5.69 Å². The van der Waals surface area contributed by atoms with Crippen LogP contribution >= 0.6 is 11.6 Å². The predicted molar refractivity (Wildman–Crippen MR) is 78.0 cm³/mol. The van der Waals surface area contributed by atoms with Gasteiger partial charge < -0.3 is 10.6 Å². The van der Waals surface area contributed by atoms with E-state index < -0.39 is 5.82 Å². The molecular formula is C15H12ClFN2O. The lowest BCUT2D eigenvalue weighted by molar-refractivity contribution is 0.102. The van der Waals surface area contributed by atoms with Crippen molar-refractivity contribution in [3.63, 3.8) is 0 Å². The third-order valence-corrected chi connectivity index (χ3v) is 3.50. The molecule has 0 atom stereocenters. The summed E-state index contributed by atoms with van der Waals surface area (Å²) >= 11 is 5.67. The highest BCUT2D eigenvalue weighted by atomic mass is 35.5. The fourth-order valence-electron chi connectivity index (χ4n) is 2.22. The van der Waals surface area contributed by atoms with Crippen molar-refractivity contribution >= 4 is 28.9 Å². The van der Waals surface area contributed by atoms with Crippen molar-refractivity contribution in [1.29, 1.82) is 0 Å². The lowest BCUT2D eigenvalue weighted by Gasteiger charge is -2.08. The summed E-state index contributed by atoms with van der Waals surface area (Å²) in [7, 11) is 0. The summed E-state index contributed by atoms with van der Waals surface area (Å²) in [4.78, 5) is 12.1. The Labute approximate surface area is 120 Å². The van der Waals surface area contributed by atoms with E-state index in [2.05, 4.69) is 10.6 Å². The van der Waals surface area contributed by atoms with E-state index in [0.717, 1.165) is 18.7 Å². The van der Waals surface area contributed by atoms with Gasteiger partial charge in [-0.2, -0.15) is 0 Å². The molecule has 0 radical (unpaired) electrons. The largest absolute Gasteiger partial charge is 0.384 e. The molecule has 102 valence electrons. The van der Waals surface area contributed by atoms with E-state index in [-0.39, 0.29) is 11.6 Å². The molecule has 0 saturated heterocycles. The third kappa shape index (κ3) is 2.47. The van der Waals surface area contributed by atoms with Crippen molar-refractivity contribution in [2.45, 2.75) is 6.42 Å². The Hall–Kier alpha value is -2.07. The molecule has 2 aromatic carbocycles. The van der Waals surface area contributed by atoms with Crippen molar-refractivity contribution in [3.8, 4) is 0 Å². The van der Waals surface area contributed by atoms with Crippen LogP contribution in [0, 0.1) is 5.82 Å². The maximum atomic E-state index is 13.6. The number of hydrogen-bond donors (Lipinski definition) is 2. The molecule has 5 heteroatoms. The standard InChI is InChI=1S/C15H12ClFN2O/c16-11-3-4-13(12(17)8-11)19-15(20)10-2-1-9-5-6-18-14(9)7-10/h1-4,7-8,18H,5-6H2,(H,19,20). The van der Waals surface area contributed by atoms with Crippen LogP contribution in [0.25, 0.3) is 0 Å². The fraction of sp³-hybridized carbons (Fsp3) is 0.133. The highest BCUT2D eigenvalue weighted by Gasteiger charge is 2.14. The minimum Gasteiger partial charge on any atom is -0.384 e. The molecule has 0 unspecified atom stereocenters. The van der Waals surface area contributed by atoms with Crippen molar-refractivity contribution in [2.75, 3.05) is 17.2 Å². The molecule has 1 aliphatic rings. The number of rotatable bonds is 2. The highest BCUT2D eigenvalue weighted by Crippen LogP contribution is 2.24. The summed E-state index contributed by atoms with van der Waals surface area (Å²) < 4.78 is 13.6. The molecule has 1 amide bonds. The summed E-state index contributed by atoms with van der Waals surface area (Å²) in [6, 6.07) is 9.59. The molecule has 0 fully saturated rings. The SMILES string of the molecule is O=C(Nc1ccc(Cl)cc1F)c1ccc2c(c1)NCC2. The minimum absolute atomic E-state index is 0.118. The van der Waals surface area contributed by atoms with Crippen LogP contribution in [0.2, 0.25) is 5.02 Å². The van der Waals surface area contributed by atoms with E-state index in [1.807, 2.05) is 6.07 Å². The quantitative estimate of drug-likeness (QED) is 0.885. The maximum absolute atomic E-state index is 13.6. The summed E-state index contributed by atoms with van der Waals surface area (Å²) in [5, 5.41) is 6.04. The number of halogens is 2. The van der Waals surface area contributed by atoms with Gasteiger partial charge in [-0.25, -0.2) is 4.39 Å². The molecular weight excluding hydrogens is 279 g/mol. The predicted octanol–water partition coefficient (Wildman–Crippen LogP) is 3.70. The Morgan fingerprint density at radius 2 is 2.10 bits per heavy atom. The normalized spacial score (nSPS) is 12.7. The molecule has 3 rings (SSSR count). The first kappa shape index (κ1) is 12.9. The van der Waals surface area contributed by atoms with E-state index >= 15 is 0 Å². The molecule has 0 aliphatic carbocycles. The summed E-state index contributed by atoms with van der Waals surface area (Å²) in [5.41, 5.74) is 2.77. The molecule has 3 nitrogen and oxygen atoms in total. The molecule has 0 saturated carbocycles. The minimum atomic E-state index is -0.551. The average Bonchev–Trinajstić information content (AvgIpc) is 2.89. The fourth-order valence-corrected chi connectivity index (χ4v) is 2.38. The molecule has 0 spiro atoms. The number of benzene rings is 2. The number of hydrogen-bond acceptors (Lipinski definition) is 2. The van der Waals surface area contributed by atoms with Crippen LogP contribution in [0.4, 0.5) is 15.8 Å². The molecule has 20 heavy (non-hydrogen) atoms. The Kier molecular flexibility index (Phi) is 3.32. The molecule has 2 N–H and O–H groups in total. The number of amides is 1. The van der Waals surface area contributed by atoms with Crippen LogP contribution in [0.15, 0.2) is 36.4 Å². The van der Waals surface area contributed by atoms with Gasteiger partial charge in [0, 0.05) is 22.8 Å². The van der Waals surface area contributed by atoms with Gasteiger partial charge in [0.2, 0.25) is 0 Å². The second kappa shape index (κ2) is 5.13. The molecule has 0 aromatic heterocycles. The van der Waals surface area contributed by atoms with Gasteiger partial charge in [-0.05, 0) is 42.3 Å². The molecule has 1 heterocycles. The molecule has 1 aliphatic heterocycles. The first-order valence-electron chi connectivity index (χ1n) is 6.27. The number of carbonyl (C=O) groups excluding carboxylic acids is 1. The van der Waals surface area contributed by atoms with Crippen LogP contribution in [0.3, 0.4) is 0 Å². The van der Waals surface area contributed by atoms with Crippen molar-refractivity contribution in [3.05, 3.63) is 58.4 Å². The van der Waals surface area contributed by atoms with Crippen molar-refractivity contribution in [1.82, 2.24) is 0 Å². The Morgan fingerprint density at radius 3 is 2.90 bits per heavy atom. The highest BCUT2D eigenvalue weighted by molar-refractivity contribution is 6.30. The zero-order valence-corrected chi connectivity index (χ0v) is 11.3. The van der Waals surface area contributed by atoms with E-state index in [4.69, 9.17) is 11.6 Å². The number of carbonyl (C=O) groups is 1. The van der Waals surface area contributed by atoms with Gasteiger partial charge in [-0.1, -0.05) is 17.7 Å². The molecule has 2 aromatic rings. The van der Waals surface area contributed by atoms with E-state index in [0.29, 0.717) is 10.6 Å². The second-order valence-electron chi connectivity index (χ2n) is 4.63. The number of nitrogens with one attached hydrogen (secondary N) is 2.